The third-order valence-corrected chi connectivity index (χ3v) is 6.12. The van der Waals surface area contributed by atoms with Gasteiger partial charge < -0.3 is 5.11 Å². The van der Waals surface area contributed by atoms with E-state index in [9.17, 15) is 18.8 Å². The highest BCUT2D eigenvalue weighted by atomic mass is 19.2. The van der Waals surface area contributed by atoms with Crippen LogP contribution in [0.3, 0.4) is 0 Å². The molecule has 0 bridgehead atoms. The predicted molar refractivity (Wildman–Crippen MR) is 112 cm³/mol. The first kappa shape index (κ1) is 20.7. The number of allylic oxidation sites excluding steroid dienone is 1. The standard InChI is InChI=1S/C22H22F2N6O2/c23-15-4-2-13(3-5-15)17-8-14-10-27-30(24)18-9-16(32)11-25-21(19(14)18)20(17)22-26-12-28-29(22)6-1-7-31/h2-5,9,12,17,20,27,31H,1,6-8,10-11H2. The fourth-order valence-corrected chi connectivity index (χ4v) is 4.73. The summed E-state index contributed by atoms with van der Waals surface area (Å²) in [6.07, 6.45) is 3.78. The Kier molecular flexibility index (Phi) is 5.40. The zero-order valence-corrected chi connectivity index (χ0v) is 17.2. The van der Waals surface area contributed by atoms with E-state index in [0.717, 1.165) is 11.1 Å². The number of aliphatic hydroxyl groups is 1. The van der Waals surface area contributed by atoms with E-state index in [1.165, 1.54) is 24.5 Å². The number of carbonyl (C=O) groups is 1. The van der Waals surface area contributed by atoms with Gasteiger partial charge in [-0.2, -0.15) is 5.10 Å². The minimum absolute atomic E-state index is 0.00543. The molecule has 0 spiro atoms. The fraction of sp³-hybridized carbons (Fsp3) is 0.364. The molecule has 1 aromatic heterocycles. The number of nitrogens with one attached hydrogen (secondary N) is 1. The molecule has 3 aliphatic rings. The molecular weight excluding hydrogens is 418 g/mol. The number of aryl methyl sites for hydroxylation is 1. The molecule has 166 valence electrons. The van der Waals surface area contributed by atoms with Gasteiger partial charge in [-0.1, -0.05) is 16.6 Å². The first-order chi connectivity index (χ1) is 15.6. The summed E-state index contributed by atoms with van der Waals surface area (Å²) in [5, 5.41) is 14.0. The maximum atomic E-state index is 14.7. The Morgan fingerprint density at radius 2 is 2.06 bits per heavy atom. The number of hydrogen-bond donors (Lipinski definition) is 2. The number of benzene rings is 1. The van der Waals surface area contributed by atoms with Crippen LogP contribution in [0.2, 0.25) is 0 Å². The highest BCUT2D eigenvalue weighted by molar-refractivity contribution is 6.13. The molecule has 0 fully saturated rings. The van der Waals surface area contributed by atoms with Crippen LogP contribution in [0.25, 0.3) is 0 Å². The summed E-state index contributed by atoms with van der Waals surface area (Å²) < 4.78 is 30.0. The van der Waals surface area contributed by atoms with E-state index in [0.29, 0.717) is 41.7 Å². The molecule has 3 heterocycles. The van der Waals surface area contributed by atoms with Crippen molar-refractivity contribution in [1.82, 2.24) is 25.4 Å². The monoisotopic (exact) mass is 440 g/mol. The van der Waals surface area contributed by atoms with Crippen molar-refractivity contribution >= 4 is 11.5 Å². The Balaban J connectivity index is 1.69. The molecule has 2 aromatic rings. The molecule has 2 unspecified atom stereocenters. The normalized spacial score (nSPS) is 23.0. The molecule has 32 heavy (non-hydrogen) atoms. The number of hydrazine groups is 1. The molecule has 2 N–H and O–H groups in total. The first-order valence-corrected chi connectivity index (χ1v) is 10.5. The van der Waals surface area contributed by atoms with Crippen molar-refractivity contribution in [2.45, 2.75) is 31.2 Å². The maximum absolute atomic E-state index is 14.7. The number of rotatable bonds is 5. The van der Waals surface area contributed by atoms with Crippen LogP contribution < -0.4 is 5.43 Å². The highest BCUT2D eigenvalue weighted by Gasteiger charge is 2.44. The molecule has 0 amide bonds. The Morgan fingerprint density at radius 1 is 1.25 bits per heavy atom. The largest absolute Gasteiger partial charge is 0.396 e. The fourth-order valence-electron chi connectivity index (χ4n) is 4.73. The summed E-state index contributed by atoms with van der Waals surface area (Å²) in [5.41, 5.74) is 5.85. The van der Waals surface area contributed by atoms with Crippen molar-refractivity contribution in [1.29, 1.82) is 0 Å². The third kappa shape index (κ3) is 3.55. The van der Waals surface area contributed by atoms with Gasteiger partial charge in [-0.05, 0) is 36.1 Å². The lowest BCUT2D eigenvalue weighted by molar-refractivity contribution is -0.113. The Hall–Kier alpha value is -3.24. The smallest absolute Gasteiger partial charge is 0.179 e. The van der Waals surface area contributed by atoms with Crippen LogP contribution >= 0.6 is 0 Å². The van der Waals surface area contributed by atoms with E-state index in [2.05, 4.69) is 20.5 Å². The molecular formula is C22H22F2N6O2. The lowest BCUT2D eigenvalue weighted by Gasteiger charge is -2.39. The summed E-state index contributed by atoms with van der Waals surface area (Å²) >= 11 is 0. The minimum atomic E-state index is -0.416. The second-order valence-electron chi connectivity index (χ2n) is 8.05. The van der Waals surface area contributed by atoms with Crippen LogP contribution in [-0.2, 0) is 11.3 Å². The summed E-state index contributed by atoms with van der Waals surface area (Å²) in [7, 11) is 0. The number of hydrogen-bond acceptors (Lipinski definition) is 7. The molecule has 1 aromatic carbocycles. The predicted octanol–water partition coefficient (Wildman–Crippen LogP) is 1.98. The van der Waals surface area contributed by atoms with Gasteiger partial charge >= 0.3 is 0 Å². The molecule has 10 heteroatoms. The quantitative estimate of drug-likeness (QED) is 0.691. The zero-order chi connectivity index (χ0) is 22.2. The molecule has 5 rings (SSSR count). The Morgan fingerprint density at radius 3 is 2.84 bits per heavy atom. The SMILES string of the molecule is O=C1C=C2C3=C(CNN2F)CC(c2ccc(F)cc2)C(c2ncnn2CCCO)C3=NC1. The Bertz CT molecular complexity index is 1140. The molecule has 0 saturated heterocycles. The topological polar surface area (TPSA) is 95.6 Å². The molecule has 2 aliphatic heterocycles. The maximum Gasteiger partial charge on any atom is 0.179 e. The Labute approximate surface area is 182 Å². The second kappa shape index (κ2) is 8.36. The number of nitrogens with zero attached hydrogens (tertiary/aromatic N) is 5. The van der Waals surface area contributed by atoms with Gasteiger partial charge in [-0.3, -0.25) is 9.79 Å². The van der Waals surface area contributed by atoms with E-state index in [-0.39, 0.29) is 42.9 Å². The van der Waals surface area contributed by atoms with Crippen LogP contribution in [0, 0.1) is 5.82 Å². The van der Waals surface area contributed by atoms with Crippen molar-refractivity contribution in [3.63, 3.8) is 0 Å². The van der Waals surface area contributed by atoms with Crippen LogP contribution in [-0.4, -0.2) is 56.3 Å². The van der Waals surface area contributed by atoms with E-state index in [1.807, 2.05) is 0 Å². The van der Waals surface area contributed by atoms with Crippen LogP contribution in [0.15, 0.2) is 58.5 Å². The minimum Gasteiger partial charge on any atom is -0.396 e. The van der Waals surface area contributed by atoms with Crippen molar-refractivity contribution < 1.29 is 18.8 Å². The summed E-state index contributed by atoms with van der Waals surface area (Å²) in [6.45, 7) is 0.639. The number of halogens is 2. The lowest BCUT2D eigenvalue weighted by atomic mass is 9.70. The summed E-state index contributed by atoms with van der Waals surface area (Å²) in [5.74, 6) is -0.578. The highest BCUT2D eigenvalue weighted by Crippen LogP contribution is 2.47. The van der Waals surface area contributed by atoms with Crippen molar-refractivity contribution in [3.05, 3.63) is 70.7 Å². The number of aliphatic imine (C=N–C) groups is 1. The van der Waals surface area contributed by atoms with Crippen LogP contribution in [0.4, 0.5) is 8.87 Å². The van der Waals surface area contributed by atoms with Crippen molar-refractivity contribution in [2.24, 2.45) is 4.99 Å². The lowest BCUT2D eigenvalue weighted by Crippen LogP contribution is -2.43. The van der Waals surface area contributed by atoms with Gasteiger partial charge in [0, 0.05) is 37.3 Å². The average molecular weight is 440 g/mol. The van der Waals surface area contributed by atoms with E-state index in [1.54, 1.807) is 16.8 Å². The van der Waals surface area contributed by atoms with Gasteiger partial charge in [-0.15, -0.1) is 5.23 Å². The van der Waals surface area contributed by atoms with Gasteiger partial charge in [0.15, 0.2) is 5.78 Å². The van der Waals surface area contributed by atoms with Gasteiger partial charge in [0.2, 0.25) is 0 Å². The molecule has 0 radical (unpaired) electrons. The van der Waals surface area contributed by atoms with Gasteiger partial charge in [-0.25, -0.2) is 19.5 Å². The molecule has 8 nitrogen and oxygen atoms in total. The van der Waals surface area contributed by atoms with E-state index in [4.69, 9.17) is 0 Å². The van der Waals surface area contributed by atoms with Crippen molar-refractivity contribution in [3.8, 4) is 0 Å². The van der Waals surface area contributed by atoms with Gasteiger partial charge in [0.05, 0.1) is 11.6 Å². The van der Waals surface area contributed by atoms with Crippen molar-refractivity contribution in [2.75, 3.05) is 19.7 Å². The third-order valence-electron chi connectivity index (χ3n) is 6.12. The van der Waals surface area contributed by atoms with Gasteiger partial charge in [0.1, 0.15) is 30.2 Å². The second-order valence-corrected chi connectivity index (χ2v) is 8.05. The number of aromatic nitrogens is 3. The molecule has 1 aliphatic carbocycles. The zero-order valence-electron chi connectivity index (χ0n) is 17.2. The summed E-state index contributed by atoms with van der Waals surface area (Å²) in [4.78, 5) is 21.5. The van der Waals surface area contributed by atoms with E-state index < -0.39 is 5.92 Å². The molecule has 2 atom stereocenters. The first-order valence-electron chi connectivity index (χ1n) is 10.5. The summed E-state index contributed by atoms with van der Waals surface area (Å²) in [6, 6.07) is 6.31. The number of carbonyl (C=O) groups excluding carboxylic acids is 1. The number of aliphatic hydroxyl groups excluding tert-OH is 1. The van der Waals surface area contributed by atoms with Gasteiger partial charge in [0.25, 0.3) is 0 Å². The number of ketones is 1. The van der Waals surface area contributed by atoms with Crippen LogP contribution in [0.5, 0.6) is 0 Å². The molecule has 0 saturated carbocycles. The average Bonchev–Trinajstić information content (AvgIpc) is 3.18. The van der Waals surface area contributed by atoms with Crippen LogP contribution in [0.1, 0.15) is 36.1 Å². The van der Waals surface area contributed by atoms with E-state index >= 15 is 0 Å².